The smallest absolute Gasteiger partial charge is 0.142 e. The zero-order chi connectivity index (χ0) is 10.8. The van der Waals surface area contributed by atoms with Crippen LogP contribution < -0.4 is 0 Å². The highest BCUT2D eigenvalue weighted by Gasteiger charge is 2.06. The molecule has 76 valence electrons. The minimum atomic E-state index is 0.561. The molecule has 0 aliphatic rings. The highest BCUT2D eigenvalue weighted by atomic mass is 127. The summed E-state index contributed by atoms with van der Waals surface area (Å²) in [4.78, 5) is 8.28. The molecule has 0 amide bonds. The molecule has 4 heteroatoms. The maximum absolute atomic E-state index is 5.94. The van der Waals surface area contributed by atoms with Gasteiger partial charge < -0.3 is 0 Å². The Hall–Kier alpha value is -0.680. The fourth-order valence-corrected chi connectivity index (χ4v) is 1.99. The summed E-state index contributed by atoms with van der Waals surface area (Å²) >= 11 is 8.13. The van der Waals surface area contributed by atoms with E-state index in [1.54, 1.807) is 12.4 Å². The minimum Gasteiger partial charge on any atom is -0.265 e. The third-order valence-corrected chi connectivity index (χ3v) is 3.54. The van der Waals surface area contributed by atoms with Crippen molar-refractivity contribution in [3.63, 3.8) is 0 Å². The van der Waals surface area contributed by atoms with Gasteiger partial charge in [-0.15, -0.1) is 0 Å². The van der Waals surface area contributed by atoms with Crippen LogP contribution in [0.3, 0.4) is 0 Å². The number of hydrogen-bond donors (Lipinski definition) is 0. The molecule has 0 radical (unpaired) electrons. The molecule has 2 aromatic rings. The lowest BCUT2D eigenvalue weighted by Gasteiger charge is -2.06. The van der Waals surface area contributed by atoms with Gasteiger partial charge in [0.2, 0.25) is 0 Å². The van der Waals surface area contributed by atoms with E-state index in [2.05, 4.69) is 32.6 Å². The first-order chi connectivity index (χ1) is 7.18. The molecule has 0 fully saturated rings. The van der Waals surface area contributed by atoms with Crippen LogP contribution in [0.1, 0.15) is 5.69 Å². The number of rotatable bonds is 1. The Morgan fingerprint density at radius 2 is 1.93 bits per heavy atom. The number of aryl methyl sites for hydroxylation is 1. The Morgan fingerprint density at radius 1 is 1.27 bits per heavy atom. The molecular weight excluding hydrogens is 322 g/mol. The van der Waals surface area contributed by atoms with Gasteiger partial charge in [0, 0.05) is 23.7 Å². The number of aromatic nitrogens is 2. The molecule has 0 bridgehead atoms. The average molecular weight is 331 g/mol. The Balaban J connectivity index is 2.59. The van der Waals surface area contributed by atoms with E-state index in [0.29, 0.717) is 5.15 Å². The van der Waals surface area contributed by atoms with Crippen LogP contribution >= 0.6 is 34.2 Å². The zero-order valence-corrected chi connectivity index (χ0v) is 11.0. The molecule has 15 heavy (non-hydrogen) atoms. The van der Waals surface area contributed by atoms with Crippen molar-refractivity contribution in [1.82, 2.24) is 9.97 Å². The molecule has 0 N–H and O–H groups in total. The molecule has 2 nitrogen and oxygen atoms in total. The predicted molar refractivity (Wildman–Crippen MR) is 69.9 cm³/mol. The lowest BCUT2D eigenvalue weighted by molar-refractivity contribution is 1.19. The molecule has 0 spiro atoms. The van der Waals surface area contributed by atoms with Gasteiger partial charge in [-0.25, -0.2) is 4.98 Å². The third-order valence-electron chi connectivity index (χ3n) is 2.12. The summed E-state index contributed by atoms with van der Waals surface area (Å²) in [6.45, 7) is 1.96. The van der Waals surface area contributed by atoms with Gasteiger partial charge >= 0.3 is 0 Å². The standard InChI is InChI=1S/C11H8ClIN2/c1-7-9(6-10(13)11(12)15-7)8-2-4-14-5-3-8/h2-6H,1H3. The van der Waals surface area contributed by atoms with Crippen molar-refractivity contribution in [3.05, 3.63) is 45.0 Å². The van der Waals surface area contributed by atoms with Gasteiger partial charge in [0.15, 0.2) is 0 Å². The molecule has 0 saturated heterocycles. The van der Waals surface area contributed by atoms with Gasteiger partial charge in [0.25, 0.3) is 0 Å². The maximum atomic E-state index is 5.94. The quantitative estimate of drug-likeness (QED) is 0.588. The Bertz CT molecular complexity index is 485. The highest BCUT2D eigenvalue weighted by Crippen LogP contribution is 2.26. The second-order valence-corrected chi connectivity index (χ2v) is 4.65. The summed E-state index contributed by atoms with van der Waals surface area (Å²) in [5.41, 5.74) is 3.15. The van der Waals surface area contributed by atoms with Crippen molar-refractivity contribution in [3.8, 4) is 11.1 Å². The van der Waals surface area contributed by atoms with Crippen LogP contribution in [0.25, 0.3) is 11.1 Å². The van der Waals surface area contributed by atoms with Crippen molar-refractivity contribution < 1.29 is 0 Å². The van der Waals surface area contributed by atoms with E-state index in [-0.39, 0.29) is 0 Å². The highest BCUT2D eigenvalue weighted by molar-refractivity contribution is 14.1. The van der Waals surface area contributed by atoms with Crippen molar-refractivity contribution in [2.75, 3.05) is 0 Å². The van der Waals surface area contributed by atoms with E-state index in [1.165, 1.54) is 0 Å². The summed E-state index contributed by atoms with van der Waals surface area (Å²) in [6.07, 6.45) is 3.55. The summed E-state index contributed by atoms with van der Waals surface area (Å²) in [7, 11) is 0. The van der Waals surface area contributed by atoms with Crippen LogP contribution in [0.15, 0.2) is 30.6 Å². The fraction of sp³-hybridized carbons (Fsp3) is 0.0909. The fourth-order valence-electron chi connectivity index (χ4n) is 1.38. The van der Waals surface area contributed by atoms with E-state index in [9.17, 15) is 0 Å². The van der Waals surface area contributed by atoms with Gasteiger partial charge in [-0.2, -0.15) is 0 Å². The number of nitrogens with zero attached hydrogens (tertiary/aromatic N) is 2. The lowest BCUT2D eigenvalue weighted by atomic mass is 10.1. The molecule has 2 rings (SSSR count). The van der Waals surface area contributed by atoms with E-state index < -0.39 is 0 Å². The number of hydrogen-bond acceptors (Lipinski definition) is 2. The van der Waals surface area contributed by atoms with Crippen molar-refractivity contribution in [2.24, 2.45) is 0 Å². The molecule has 0 unspecified atom stereocenters. The van der Waals surface area contributed by atoms with Crippen LogP contribution in [0.4, 0.5) is 0 Å². The molecular formula is C11H8ClIN2. The van der Waals surface area contributed by atoms with Crippen LogP contribution in [0, 0.1) is 10.5 Å². The Kier molecular flexibility index (Phi) is 3.21. The maximum Gasteiger partial charge on any atom is 0.142 e. The molecule has 0 aliphatic heterocycles. The van der Waals surface area contributed by atoms with Crippen LogP contribution in [0.5, 0.6) is 0 Å². The first-order valence-corrected chi connectivity index (χ1v) is 5.87. The SMILES string of the molecule is Cc1nc(Cl)c(I)cc1-c1ccncc1. The molecule has 0 atom stereocenters. The Labute approximate surface area is 107 Å². The van der Waals surface area contributed by atoms with Gasteiger partial charge in [-0.1, -0.05) is 11.6 Å². The Morgan fingerprint density at radius 3 is 2.60 bits per heavy atom. The second kappa shape index (κ2) is 4.45. The predicted octanol–water partition coefficient (Wildman–Crippen LogP) is 3.71. The van der Waals surface area contributed by atoms with E-state index in [1.807, 2.05) is 25.1 Å². The number of pyridine rings is 2. The number of halogens is 2. The van der Waals surface area contributed by atoms with E-state index >= 15 is 0 Å². The molecule has 0 aliphatic carbocycles. The first-order valence-electron chi connectivity index (χ1n) is 4.41. The molecule has 2 heterocycles. The van der Waals surface area contributed by atoms with Gasteiger partial charge in [0.1, 0.15) is 5.15 Å². The van der Waals surface area contributed by atoms with Crippen molar-refractivity contribution in [1.29, 1.82) is 0 Å². The second-order valence-electron chi connectivity index (χ2n) is 3.13. The van der Waals surface area contributed by atoms with Gasteiger partial charge in [-0.05, 0) is 53.3 Å². The minimum absolute atomic E-state index is 0.561. The first kappa shape index (κ1) is 10.8. The largest absolute Gasteiger partial charge is 0.265 e. The topological polar surface area (TPSA) is 25.8 Å². The summed E-state index contributed by atoms with van der Waals surface area (Å²) < 4.78 is 0.965. The lowest BCUT2D eigenvalue weighted by Crippen LogP contribution is -1.91. The molecule has 0 saturated carbocycles. The average Bonchev–Trinajstić information content (AvgIpc) is 2.25. The molecule has 0 aromatic carbocycles. The third kappa shape index (κ3) is 2.29. The summed E-state index contributed by atoms with van der Waals surface area (Å²) in [5.74, 6) is 0. The zero-order valence-electron chi connectivity index (χ0n) is 8.04. The van der Waals surface area contributed by atoms with Crippen LogP contribution in [-0.2, 0) is 0 Å². The van der Waals surface area contributed by atoms with E-state index in [0.717, 1.165) is 20.4 Å². The van der Waals surface area contributed by atoms with Crippen molar-refractivity contribution in [2.45, 2.75) is 6.92 Å². The van der Waals surface area contributed by atoms with Gasteiger partial charge in [0.05, 0.1) is 3.57 Å². The van der Waals surface area contributed by atoms with Gasteiger partial charge in [-0.3, -0.25) is 4.98 Å². The van der Waals surface area contributed by atoms with Crippen molar-refractivity contribution >= 4 is 34.2 Å². The monoisotopic (exact) mass is 330 g/mol. The van der Waals surface area contributed by atoms with Crippen LogP contribution in [-0.4, -0.2) is 9.97 Å². The summed E-state index contributed by atoms with van der Waals surface area (Å²) in [6, 6.07) is 5.97. The van der Waals surface area contributed by atoms with E-state index in [4.69, 9.17) is 11.6 Å². The molecule has 2 aromatic heterocycles. The summed E-state index contributed by atoms with van der Waals surface area (Å²) in [5, 5.41) is 0.561. The normalized spacial score (nSPS) is 10.3. The van der Waals surface area contributed by atoms with Crippen LogP contribution in [0.2, 0.25) is 5.15 Å².